The number of ether oxygens (including phenoxy) is 1. The minimum Gasteiger partial charge on any atom is -0.467 e. The van der Waals surface area contributed by atoms with E-state index in [4.69, 9.17) is 9.15 Å². The standard InChI is InChI=1S/C20H26N4O5/c1-13(2)28-10-6-8-21-17(25)16-11-15-18(22(3)20(27)23(4)19(15)26)24(16)12-14-7-5-9-29-14/h5,7,9,11,13H,6,8,10,12H2,1-4H3,(H,21,25). The monoisotopic (exact) mass is 402 g/mol. The van der Waals surface area contributed by atoms with Crippen LogP contribution in [0, 0.1) is 0 Å². The summed E-state index contributed by atoms with van der Waals surface area (Å²) in [5.41, 5.74) is -0.234. The van der Waals surface area contributed by atoms with E-state index in [2.05, 4.69) is 5.32 Å². The smallest absolute Gasteiger partial charge is 0.332 e. The van der Waals surface area contributed by atoms with E-state index < -0.39 is 11.2 Å². The fourth-order valence-corrected chi connectivity index (χ4v) is 3.23. The first-order chi connectivity index (χ1) is 13.8. The van der Waals surface area contributed by atoms with Gasteiger partial charge in [0.15, 0.2) is 0 Å². The van der Waals surface area contributed by atoms with Crippen molar-refractivity contribution in [1.82, 2.24) is 19.0 Å². The molecule has 9 nitrogen and oxygen atoms in total. The Morgan fingerprint density at radius 3 is 2.66 bits per heavy atom. The van der Waals surface area contributed by atoms with Crippen LogP contribution in [0.15, 0.2) is 38.5 Å². The number of carbonyl (C=O) groups excluding carboxylic acids is 1. The van der Waals surface area contributed by atoms with E-state index in [1.807, 2.05) is 13.8 Å². The highest BCUT2D eigenvalue weighted by Gasteiger charge is 2.21. The summed E-state index contributed by atoms with van der Waals surface area (Å²) < 4.78 is 14.9. The molecular weight excluding hydrogens is 376 g/mol. The predicted octanol–water partition coefficient (Wildman–Crippen LogP) is 1.22. The lowest BCUT2D eigenvalue weighted by molar-refractivity contribution is 0.0756. The molecule has 0 aliphatic rings. The van der Waals surface area contributed by atoms with E-state index in [1.165, 1.54) is 23.9 Å². The zero-order chi connectivity index (χ0) is 21.1. The summed E-state index contributed by atoms with van der Waals surface area (Å²) in [5, 5.41) is 3.16. The average molecular weight is 402 g/mol. The molecule has 0 saturated carbocycles. The first-order valence-electron chi connectivity index (χ1n) is 9.52. The molecule has 9 heteroatoms. The lowest BCUT2D eigenvalue weighted by Crippen LogP contribution is -2.37. The number of aromatic nitrogens is 3. The summed E-state index contributed by atoms with van der Waals surface area (Å²) in [4.78, 5) is 37.9. The number of nitrogens with zero attached hydrogens (tertiary/aromatic N) is 3. The molecule has 3 aromatic rings. The summed E-state index contributed by atoms with van der Waals surface area (Å²) in [6.45, 7) is 5.11. The third kappa shape index (κ3) is 4.19. The van der Waals surface area contributed by atoms with E-state index in [1.54, 1.807) is 23.7 Å². The number of hydrogen-bond acceptors (Lipinski definition) is 5. The zero-order valence-corrected chi connectivity index (χ0v) is 17.1. The largest absolute Gasteiger partial charge is 0.467 e. The van der Waals surface area contributed by atoms with Gasteiger partial charge in [0.1, 0.15) is 17.1 Å². The Hall–Kier alpha value is -3.07. The number of furan rings is 1. The molecule has 1 amide bonds. The van der Waals surface area contributed by atoms with Crippen LogP contribution < -0.4 is 16.6 Å². The van der Waals surface area contributed by atoms with Crippen LogP contribution in [0.2, 0.25) is 0 Å². The molecule has 0 aromatic carbocycles. The van der Waals surface area contributed by atoms with Crippen LogP contribution in [0.25, 0.3) is 11.0 Å². The van der Waals surface area contributed by atoms with Crippen LogP contribution in [0.1, 0.15) is 36.5 Å². The van der Waals surface area contributed by atoms with Crippen molar-refractivity contribution in [2.24, 2.45) is 14.1 Å². The summed E-state index contributed by atoms with van der Waals surface area (Å²) in [7, 11) is 3.00. The molecule has 0 atom stereocenters. The molecule has 0 spiro atoms. The minimum atomic E-state index is -0.459. The van der Waals surface area contributed by atoms with Gasteiger partial charge in [-0.15, -0.1) is 0 Å². The van der Waals surface area contributed by atoms with Crippen molar-refractivity contribution in [3.8, 4) is 0 Å². The van der Waals surface area contributed by atoms with Gasteiger partial charge in [0.25, 0.3) is 11.5 Å². The van der Waals surface area contributed by atoms with E-state index in [0.29, 0.717) is 42.1 Å². The molecule has 0 bridgehead atoms. The molecule has 0 radical (unpaired) electrons. The highest BCUT2D eigenvalue weighted by atomic mass is 16.5. The molecule has 0 fully saturated rings. The second-order valence-electron chi connectivity index (χ2n) is 7.17. The molecule has 3 aromatic heterocycles. The predicted molar refractivity (Wildman–Crippen MR) is 108 cm³/mol. The van der Waals surface area contributed by atoms with E-state index in [0.717, 1.165) is 4.57 Å². The van der Waals surface area contributed by atoms with Gasteiger partial charge in [0.2, 0.25) is 0 Å². The second-order valence-corrected chi connectivity index (χ2v) is 7.17. The molecule has 3 heterocycles. The third-order valence-corrected chi connectivity index (χ3v) is 4.68. The van der Waals surface area contributed by atoms with Crippen molar-refractivity contribution in [3.05, 3.63) is 56.8 Å². The highest BCUT2D eigenvalue weighted by molar-refractivity contribution is 5.97. The van der Waals surface area contributed by atoms with Crippen molar-refractivity contribution in [3.63, 3.8) is 0 Å². The average Bonchev–Trinajstić information content (AvgIpc) is 3.32. The Bertz CT molecular complexity index is 1120. The highest BCUT2D eigenvalue weighted by Crippen LogP contribution is 2.18. The van der Waals surface area contributed by atoms with Crippen LogP contribution >= 0.6 is 0 Å². The maximum absolute atomic E-state index is 12.9. The summed E-state index contributed by atoms with van der Waals surface area (Å²) in [6, 6.07) is 5.05. The van der Waals surface area contributed by atoms with Crippen molar-refractivity contribution >= 4 is 16.9 Å². The van der Waals surface area contributed by atoms with Gasteiger partial charge in [-0.25, -0.2) is 4.79 Å². The van der Waals surface area contributed by atoms with Gasteiger partial charge in [-0.05, 0) is 38.5 Å². The van der Waals surface area contributed by atoms with Crippen molar-refractivity contribution in [1.29, 1.82) is 0 Å². The molecule has 1 N–H and O–H groups in total. The fourth-order valence-electron chi connectivity index (χ4n) is 3.23. The van der Waals surface area contributed by atoms with Gasteiger partial charge in [-0.2, -0.15) is 0 Å². The number of amides is 1. The fraction of sp³-hybridized carbons (Fsp3) is 0.450. The molecular formula is C20H26N4O5. The quantitative estimate of drug-likeness (QED) is 0.571. The molecule has 0 saturated heterocycles. The lowest BCUT2D eigenvalue weighted by atomic mass is 10.3. The molecule has 29 heavy (non-hydrogen) atoms. The third-order valence-electron chi connectivity index (χ3n) is 4.68. The van der Waals surface area contributed by atoms with Gasteiger partial charge in [-0.1, -0.05) is 0 Å². The van der Waals surface area contributed by atoms with E-state index >= 15 is 0 Å². The van der Waals surface area contributed by atoms with E-state index in [9.17, 15) is 14.4 Å². The Labute approximate surface area is 167 Å². The first kappa shape index (κ1) is 20.7. The number of fused-ring (bicyclic) bond motifs is 1. The molecule has 3 rings (SSSR count). The SMILES string of the molecule is CC(C)OCCCNC(=O)c1cc2c(=O)n(C)c(=O)n(C)c2n1Cc1ccco1. The van der Waals surface area contributed by atoms with Gasteiger partial charge >= 0.3 is 5.69 Å². The lowest BCUT2D eigenvalue weighted by Gasteiger charge is -2.12. The number of nitrogens with one attached hydrogen (secondary N) is 1. The summed E-state index contributed by atoms with van der Waals surface area (Å²) >= 11 is 0. The second kappa shape index (κ2) is 8.52. The topological polar surface area (TPSA) is 100 Å². The Kier molecular flexibility index (Phi) is 6.07. The van der Waals surface area contributed by atoms with Crippen LogP contribution in [-0.4, -0.2) is 38.9 Å². The van der Waals surface area contributed by atoms with E-state index in [-0.39, 0.29) is 18.6 Å². The van der Waals surface area contributed by atoms with Crippen LogP contribution in [0.4, 0.5) is 0 Å². The van der Waals surface area contributed by atoms with Gasteiger partial charge in [-0.3, -0.25) is 18.7 Å². The van der Waals surface area contributed by atoms with Crippen LogP contribution in [0.5, 0.6) is 0 Å². The Balaban J connectivity index is 1.98. The molecule has 0 aliphatic heterocycles. The van der Waals surface area contributed by atoms with Gasteiger partial charge < -0.3 is 19.0 Å². The van der Waals surface area contributed by atoms with Crippen molar-refractivity contribution < 1.29 is 13.9 Å². The molecule has 156 valence electrons. The Morgan fingerprint density at radius 1 is 1.24 bits per heavy atom. The minimum absolute atomic E-state index is 0.138. The number of carbonyl (C=O) groups is 1. The van der Waals surface area contributed by atoms with Gasteiger partial charge in [0.05, 0.1) is 24.3 Å². The van der Waals surface area contributed by atoms with Gasteiger partial charge in [0, 0.05) is 27.2 Å². The Morgan fingerprint density at radius 2 is 2.00 bits per heavy atom. The summed E-state index contributed by atoms with van der Waals surface area (Å²) in [5.74, 6) is 0.279. The van der Waals surface area contributed by atoms with Crippen LogP contribution in [0.3, 0.4) is 0 Å². The summed E-state index contributed by atoms with van der Waals surface area (Å²) in [6.07, 6.45) is 2.34. The van der Waals surface area contributed by atoms with Crippen molar-refractivity contribution in [2.45, 2.75) is 32.9 Å². The maximum Gasteiger partial charge on any atom is 0.332 e. The normalized spacial score (nSPS) is 11.5. The maximum atomic E-state index is 12.9. The van der Waals surface area contributed by atoms with Crippen LogP contribution in [-0.2, 0) is 25.4 Å². The zero-order valence-electron chi connectivity index (χ0n) is 17.1. The number of aryl methyl sites for hydroxylation is 1. The number of rotatable bonds is 8. The van der Waals surface area contributed by atoms with Crippen molar-refractivity contribution in [2.75, 3.05) is 13.2 Å². The first-order valence-corrected chi connectivity index (χ1v) is 9.52. The molecule has 0 unspecified atom stereocenters. The molecule has 0 aliphatic carbocycles. The number of hydrogen-bond donors (Lipinski definition) is 1.